The number of para-hydroxylation sites is 1. The van der Waals surface area contributed by atoms with Gasteiger partial charge in [0.1, 0.15) is 17.2 Å². The SMILES string of the molecule is COc1ccccc1/C=C1/Oc2cc(OC(=O)N(C)C)ccc2C1=O. The molecule has 0 radical (unpaired) electrons. The monoisotopic (exact) mass is 339 g/mol. The Morgan fingerprint density at radius 1 is 1.16 bits per heavy atom. The maximum absolute atomic E-state index is 12.5. The highest BCUT2D eigenvalue weighted by molar-refractivity contribution is 6.14. The number of allylic oxidation sites excluding steroid dienone is 1. The van der Waals surface area contributed by atoms with Crippen LogP contribution in [0.25, 0.3) is 6.08 Å². The van der Waals surface area contributed by atoms with E-state index in [1.54, 1.807) is 45.5 Å². The van der Waals surface area contributed by atoms with Crippen molar-refractivity contribution in [3.63, 3.8) is 0 Å². The fourth-order valence-corrected chi connectivity index (χ4v) is 2.35. The Kier molecular flexibility index (Phi) is 4.43. The minimum atomic E-state index is -0.505. The lowest BCUT2D eigenvalue weighted by Crippen LogP contribution is -2.25. The van der Waals surface area contributed by atoms with Crippen molar-refractivity contribution in [3.8, 4) is 17.2 Å². The third kappa shape index (κ3) is 3.33. The van der Waals surface area contributed by atoms with Crippen molar-refractivity contribution in [2.24, 2.45) is 0 Å². The number of carbonyl (C=O) groups excluding carboxylic acids is 2. The number of rotatable bonds is 3. The van der Waals surface area contributed by atoms with E-state index in [1.165, 1.54) is 11.0 Å². The van der Waals surface area contributed by atoms with E-state index in [1.807, 2.05) is 18.2 Å². The van der Waals surface area contributed by atoms with Crippen molar-refractivity contribution >= 4 is 18.0 Å². The van der Waals surface area contributed by atoms with Crippen LogP contribution < -0.4 is 14.2 Å². The van der Waals surface area contributed by atoms with Gasteiger partial charge in [0.15, 0.2) is 5.76 Å². The molecule has 0 N–H and O–H groups in total. The first-order chi connectivity index (χ1) is 12.0. The van der Waals surface area contributed by atoms with Gasteiger partial charge in [0, 0.05) is 25.7 Å². The summed E-state index contributed by atoms with van der Waals surface area (Å²) in [5.41, 5.74) is 1.16. The van der Waals surface area contributed by atoms with Crippen LogP contribution in [0.15, 0.2) is 48.2 Å². The molecule has 3 rings (SSSR count). The predicted molar refractivity (Wildman–Crippen MR) is 92.1 cm³/mol. The average Bonchev–Trinajstić information content (AvgIpc) is 2.90. The first-order valence-corrected chi connectivity index (χ1v) is 7.60. The van der Waals surface area contributed by atoms with E-state index >= 15 is 0 Å². The molecule has 0 spiro atoms. The zero-order chi connectivity index (χ0) is 18.0. The molecule has 1 amide bonds. The van der Waals surface area contributed by atoms with E-state index in [4.69, 9.17) is 14.2 Å². The molecule has 128 valence electrons. The van der Waals surface area contributed by atoms with E-state index in [0.717, 1.165) is 5.56 Å². The number of Topliss-reactive ketones (excluding diaryl/α,β-unsaturated/α-hetero) is 1. The quantitative estimate of drug-likeness (QED) is 0.802. The molecule has 0 fully saturated rings. The summed E-state index contributed by atoms with van der Waals surface area (Å²) in [5.74, 6) is 1.27. The van der Waals surface area contributed by atoms with Crippen molar-refractivity contribution in [1.29, 1.82) is 0 Å². The van der Waals surface area contributed by atoms with Gasteiger partial charge in [0.25, 0.3) is 0 Å². The minimum Gasteiger partial charge on any atom is -0.496 e. The fraction of sp³-hybridized carbons (Fsp3) is 0.158. The molecule has 1 aliphatic heterocycles. The lowest BCUT2D eigenvalue weighted by atomic mass is 10.1. The van der Waals surface area contributed by atoms with Crippen LogP contribution in [0.2, 0.25) is 0 Å². The highest BCUT2D eigenvalue weighted by Gasteiger charge is 2.28. The molecule has 2 aromatic carbocycles. The molecule has 0 saturated heterocycles. The number of nitrogens with zero attached hydrogens (tertiary/aromatic N) is 1. The Morgan fingerprint density at radius 3 is 2.64 bits per heavy atom. The standard InChI is InChI=1S/C19H17NO5/c1-20(2)19(22)24-13-8-9-14-16(11-13)25-17(18(14)21)10-12-6-4-5-7-15(12)23-3/h4-11H,1-3H3/b17-10+. The van der Waals surface area contributed by atoms with Gasteiger partial charge in [-0.05, 0) is 24.3 Å². The molecule has 2 aromatic rings. The van der Waals surface area contributed by atoms with Crippen LogP contribution in [0.5, 0.6) is 17.2 Å². The zero-order valence-electron chi connectivity index (χ0n) is 14.1. The average molecular weight is 339 g/mol. The molecule has 0 saturated carbocycles. The van der Waals surface area contributed by atoms with Crippen LogP contribution >= 0.6 is 0 Å². The van der Waals surface area contributed by atoms with Gasteiger partial charge < -0.3 is 19.1 Å². The largest absolute Gasteiger partial charge is 0.496 e. The van der Waals surface area contributed by atoms with E-state index < -0.39 is 6.09 Å². The first kappa shape index (κ1) is 16.6. The molecule has 0 atom stereocenters. The molecule has 25 heavy (non-hydrogen) atoms. The summed E-state index contributed by atoms with van der Waals surface area (Å²) in [7, 11) is 4.74. The van der Waals surface area contributed by atoms with Crippen molar-refractivity contribution in [2.45, 2.75) is 0 Å². The molecule has 0 bridgehead atoms. The second kappa shape index (κ2) is 6.68. The molecular weight excluding hydrogens is 322 g/mol. The van der Waals surface area contributed by atoms with E-state index in [-0.39, 0.29) is 11.5 Å². The second-order valence-corrected chi connectivity index (χ2v) is 5.60. The van der Waals surface area contributed by atoms with Crippen LogP contribution in [0.1, 0.15) is 15.9 Å². The summed E-state index contributed by atoms with van der Waals surface area (Å²) >= 11 is 0. The van der Waals surface area contributed by atoms with Gasteiger partial charge in [-0.2, -0.15) is 0 Å². The van der Waals surface area contributed by atoms with Crippen molar-refractivity contribution < 1.29 is 23.8 Å². The van der Waals surface area contributed by atoms with Crippen LogP contribution in [-0.4, -0.2) is 38.0 Å². The number of ketones is 1. The molecule has 0 aromatic heterocycles. The maximum atomic E-state index is 12.5. The topological polar surface area (TPSA) is 65.1 Å². The number of hydrogen-bond donors (Lipinski definition) is 0. The summed E-state index contributed by atoms with van der Waals surface area (Å²) in [5, 5.41) is 0. The molecule has 1 aliphatic rings. The molecule has 0 aliphatic carbocycles. The van der Waals surface area contributed by atoms with Crippen molar-refractivity contribution in [3.05, 3.63) is 59.4 Å². The molecule has 1 heterocycles. The number of fused-ring (bicyclic) bond motifs is 1. The summed E-state index contributed by atoms with van der Waals surface area (Å²) in [6, 6.07) is 12.0. The smallest absolute Gasteiger partial charge is 0.414 e. The first-order valence-electron chi connectivity index (χ1n) is 7.60. The second-order valence-electron chi connectivity index (χ2n) is 5.60. The lowest BCUT2D eigenvalue weighted by molar-refractivity contribution is 0.101. The van der Waals surface area contributed by atoms with Crippen molar-refractivity contribution in [1.82, 2.24) is 4.90 Å². The van der Waals surface area contributed by atoms with Gasteiger partial charge in [-0.15, -0.1) is 0 Å². The predicted octanol–water partition coefficient (Wildman–Crippen LogP) is 3.37. The van der Waals surface area contributed by atoms with Crippen LogP contribution in [0.3, 0.4) is 0 Å². The molecular formula is C19H17NO5. The number of ether oxygens (including phenoxy) is 3. The van der Waals surface area contributed by atoms with E-state index in [9.17, 15) is 9.59 Å². The fourth-order valence-electron chi connectivity index (χ4n) is 2.35. The Bertz CT molecular complexity index is 870. The Hall–Kier alpha value is -3.28. The highest BCUT2D eigenvalue weighted by Crippen LogP contribution is 2.35. The third-order valence-corrected chi connectivity index (χ3v) is 3.64. The lowest BCUT2D eigenvalue weighted by Gasteiger charge is -2.10. The van der Waals surface area contributed by atoms with E-state index in [2.05, 4.69) is 0 Å². The summed E-state index contributed by atoms with van der Waals surface area (Å²) in [6.45, 7) is 0. The number of methoxy groups -OCH3 is 1. The Morgan fingerprint density at radius 2 is 1.92 bits per heavy atom. The molecule has 0 unspecified atom stereocenters. The van der Waals surface area contributed by atoms with Gasteiger partial charge >= 0.3 is 6.09 Å². The van der Waals surface area contributed by atoms with Gasteiger partial charge in [0.05, 0.1) is 12.7 Å². The third-order valence-electron chi connectivity index (χ3n) is 3.64. The Balaban J connectivity index is 1.88. The zero-order valence-corrected chi connectivity index (χ0v) is 14.1. The summed E-state index contributed by atoms with van der Waals surface area (Å²) < 4.78 is 16.1. The van der Waals surface area contributed by atoms with Crippen molar-refractivity contribution in [2.75, 3.05) is 21.2 Å². The minimum absolute atomic E-state index is 0.190. The van der Waals surface area contributed by atoms with E-state index in [0.29, 0.717) is 22.8 Å². The number of carbonyl (C=O) groups is 2. The van der Waals surface area contributed by atoms with Gasteiger partial charge in [0.2, 0.25) is 5.78 Å². The Labute approximate surface area is 145 Å². The number of benzene rings is 2. The highest BCUT2D eigenvalue weighted by atomic mass is 16.6. The maximum Gasteiger partial charge on any atom is 0.414 e. The van der Waals surface area contributed by atoms with Gasteiger partial charge in [-0.3, -0.25) is 4.79 Å². The summed E-state index contributed by atoms with van der Waals surface area (Å²) in [6.07, 6.45) is 1.13. The number of amides is 1. The van der Waals surface area contributed by atoms with Gasteiger partial charge in [-0.1, -0.05) is 18.2 Å². The van der Waals surface area contributed by atoms with Crippen LogP contribution in [0, 0.1) is 0 Å². The molecule has 6 nitrogen and oxygen atoms in total. The van der Waals surface area contributed by atoms with Gasteiger partial charge in [-0.25, -0.2) is 4.79 Å². The van der Waals surface area contributed by atoms with Crippen LogP contribution in [-0.2, 0) is 0 Å². The van der Waals surface area contributed by atoms with Crippen LogP contribution in [0.4, 0.5) is 4.79 Å². The number of hydrogen-bond acceptors (Lipinski definition) is 5. The molecule has 6 heteroatoms. The summed E-state index contributed by atoms with van der Waals surface area (Å²) in [4.78, 5) is 25.4. The normalized spacial score (nSPS) is 14.0.